The van der Waals surface area contributed by atoms with E-state index in [1.165, 1.54) is 6.07 Å². The molecule has 1 aliphatic rings. The summed E-state index contributed by atoms with van der Waals surface area (Å²) in [6.07, 6.45) is 4.79. The third-order valence-electron chi connectivity index (χ3n) is 4.19. The lowest BCUT2D eigenvalue weighted by molar-refractivity contribution is 0.0953. The third-order valence-corrected chi connectivity index (χ3v) is 6.09. The molecule has 1 fully saturated rings. The van der Waals surface area contributed by atoms with Crippen LogP contribution in [0.3, 0.4) is 0 Å². The first kappa shape index (κ1) is 17.9. The summed E-state index contributed by atoms with van der Waals surface area (Å²) in [5.74, 6) is -0.211. The molecule has 0 atom stereocenters. The lowest BCUT2D eigenvalue weighted by Gasteiger charge is -2.20. The molecule has 0 unspecified atom stereocenters. The minimum Gasteiger partial charge on any atom is -0.352 e. The zero-order valence-electron chi connectivity index (χ0n) is 14.0. The molecule has 1 saturated heterocycles. The molecular formula is C17H26N2O3S. The average Bonchev–Trinajstić information content (AvgIpc) is 2.82. The first-order valence-electron chi connectivity index (χ1n) is 8.36. The summed E-state index contributed by atoms with van der Waals surface area (Å²) in [6.45, 7) is 5.51. The number of hydrogen-bond donors (Lipinski definition) is 1. The van der Waals surface area contributed by atoms with Crippen LogP contribution in [0.1, 0.15) is 54.9 Å². The van der Waals surface area contributed by atoms with Gasteiger partial charge in [0.25, 0.3) is 5.91 Å². The molecule has 0 saturated carbocycles. The number of nitrogens with one attached hydrogen (secondary N) is 1. The van der Waals surface area contributed by atoms with E-state index >= 15 is 0 Å². The lowest BCUT2D eigenvalue weighted by Crippen LogP contribution is -2.32. The minimum absolute atomic E-state index is 0.211. The van der Waals surface area contributed by atoms with Gasteiger partial charge in [0.1, 0.15) is 0 Å². The second-order valence-electron chi connectivity index (χ2n) is 6.05. The molecule has 1 heterocycles. The molecule has 0 radical (unpaired) electrons. The van der Waals surface area contributed by atoms with E-state index in [9.17, 15) is 13.2 Å². The zero-order valence-corrected chi connectivity index (χ0v) is 14.8. The summed E-state index contributed by atoms with van der Waals surface area (Å²) >= 11 is 0. The number of hydrogen-bond acceptors (Lipinski definition) is 3. The van der Waals surface area contributed by atoms with Crippen molar-refractivity contribution in [1.82, 2.24) is 9.62 Å². The predicted molar refractivity (Wildman–Crippen MR) is 91.0 cm³/mol. The maximum atomic E-state index is 12.8. The largest absolute Gasteiger partial charge is 0.352 e. The number of sulfonamides is 1. The Balaban J connectivity index is 2.29. The lowest BCUT2D eigenvalue weighted by atomic mass is 10.1. The van der Waals surface area contributed by atoms with Gasteiger partial charge in [0.15, 0.2) is 0 Å². The third kappa shape index (κ3) is 4.32. The van der Waals surface area contributed by atoms with E-state index < -0.39 is 10.0 Å². The van der Waals surface area contributed by atoms with Gasteiger partial charge in [0.05, 0.1) is 4.90 Å². The number of aryl methyl sites for hydroxylation is 1. The van der Waals surface area contributed by atoms with Gasteiger partial charge in [-0.15, -0.1) is 0 Å². The van der Waals surface area contributed by atoms with Gasteiger partial charge in [-0.1, -0.05) is 25.8 Å². The maximum absolute atomic E-state index is 12.8. The standard InChI is InChI=1S/C17H26N2O3S/c1-3-10-18-17(20)16-13-15(9-8-14(16)2)23(21,22)19-11-6-4-5-7-12-19/h8-9,13H,3-7,10-12H2,1-2H3,(H,18,20). The molecule has 2 rings (SSSR count). The van der Waals surface area contributed by atoms with Crippen molar-refractivity contribution in [2.45, 2.75) is 50.8 Å². The van der Waals surface area contributed by atoms with Gasteiger partial charge in [-0.25, -0.2) is 8.42 Å². The number of carbonyl (C=O) groups excluding carboxylic acids is 1. The van der Waals surface area contributed by atoms with Crippen molar-refractivity contribution in [1.29, 1.82) is 0 Å². The number of benzene rings is 1. The molecule has 0 aliphatic carbocycles. The van der Waals surface area contributed by atoms with Gasteiger partial charge in [-0.2, -0.15) is 4.31 Å². The van der Waals surface area contributed by atoms with Crippen LogP contribution in [0.5, 0.6) is 0 Å². The van der Waals surface area contributed by atoms with Crippen LogP contribution in [0.2, 0.25) is 0 Å². The fourth-order valence-corrected chi connectivity index (χ4v) is 4.31. The van der Waals surface area contributed by atoms with Crippen LogP contribution in [0.4, 0.5) is 0 Å². The summed E-state index contributed by atoms with van der Waals surface area (Å²) in [5.41, 5.74) is 1.22. The van der Waals surface area contributed by atoms with E-state index in [0.29, 0.717) is 25.2 Å². The smallest absolute Gasteiger partial charge is 0.251 e. The second kappa shape index (κ2) is 7.93. The molecule has 6 heteroatoms. The quantitative estimate of drug-likeness (QED) is 0.897. The van der Waals surface area contributed by atoms with Crippen LogP contribution < -0.4 is 5.32 Å². The Labute approximate surface area is 139 Å². The molecule has 1 amide bonds. The minimum atomic E-state index is -3.53. The topological polar surface area (TPSA) is 66.5 Å². The number of rotatable bonds is 5. The highest BCUT2D eigenvalue weighted by Gasteiger charge is 2.26. The van der Waals surface area contributed by atoms with Crippen LogP contribution in [0, 0.1) is 6.92 Å². The second-order valence-corrected chi connectivity index (χ2v) is 7.99. The van der Waals surface area contributed by atoms with E-state index in [2.05, 4.69) is 5.32 Å². The first-order valence-corrected chi connectivity index (χ1v) is 9.80. The van der Waals surface area contributed by atoms with Gasteiger partial charge < -0.3 is 5.32 Å². The number of carbonyl (C=O) groups is 1. The molecule has 23 heavy (non-hydrogen) atoms. The SMILES string of the molecule is CCCNC(=O)c1cc(S(=O)(=O)N2CCCCCC2)ccc1C. The van der Waals surface area contributed by atoms with Crippen molar-refractivity contribution >= 4 is 15.9 Å². The molecular weight excluding hydrogens is 312 g/mol. The van der Waals surface area contributed by atoms with E-state index in [4.69, 9.17) is 0 Å². The molecule has 1 aromatic carbocycles. The average molecular weight is 338 g/mol. The predicted octanol–water partition coefficient (Wildman–Crippen LogP) is 2.70. The summed E-state index contributed by atoms with van der Waals surface area (Å²) in [7, 11) is -3.53. The van der Waals surface area contributed by atoms with Gasteiger partial charge in [-0.05, 0) is 43.9 Å². The van der Waals surface area contributed by atoms with Crippen molar-refractivity contribution in [3.05, 3.63) is 29.3 Å². The Morgan fingerprint density at radius 3 is 2.43 bits per heavy atom. The van der Waals surface area contributed by atoms with Crippen LogP contribution >= 0.6 is 0 Å². The Bertz CT molecular complexity index is 648. The highest BCUT2D eigenvalue weighted by molar-refractivity contribution is 7.89. The van der Waals surface area contributed by atoms with E-state index in [-0.39, 0.29) is 10.8 Å². The monoisotopic (exact) mass is 338 g/mol. The number of amides is 1. The Morgan fingerprint density at radius 1 is 1.17 bits per heavy atom. The fourth-order valence-electron chi connectivity index (χ4n) is 2.77. The highest BCUT2D eigenvalue weighted by atomic mass is 32.2. The van der Waals surface area contributed by atoms with Crippen molar-refractivity contribution < 1.29 is 13.2 Å². The van der Waals surface area contributed by atoms with Crippen molar-refractivity contribution in [3.8, 4) is 0 Å². The van der Waals surface area contributed by atoms with E-state index in [1.807, 2.05) is 13.8 Å². The summed E-state index contributed by atoms with van der Waals surface area (Å²) in [5, 5.41) is 2.81. The van der Waals surface area contributed by atoms with Crippen molar-refractivity contribution in [3.63, 3.8) is 0 Å². The van der Waals surface area contributed by atoms with Crippen LogP contribution in [0.15, 0.2) is 23.1 Å². The first-order chi connectivity index (χ1) is 11.0. The summed E-state index contributed by atoms with van der Waals surface area (Å²) in [6, 6.07) is 4.83. The Kier molecular flexibility index (Phi) is 6.18. The van der Waals surface area contributed by atoms with Gasteiger partial charge in [0, 0.05) is 25.2 Å². The Hall–Kier alpha value is -1.40. The molecule has 0 aromatic heterocycles. The van der Waals surface area contributed by atoms with Gasteiger partial charge >= 0.3 is 0 Å². The van der Waals surface area contributed by atoms with E-state index in [1.54, 1.807) is 16.4 Å². The van der Waals surface area contributed by atoms with Crippen LogP contribution in [-0.4, -0.2) is 38.3 Å². The van der Waals surface area contributed by atoms with Crippen molar-refractivity contribution in [2.75, 3.05) is 19.6 Å². The van der Waals surface area contributed by atoms with Gasteiger partial charge in [-0.3, -0.25) is 4.79 Å². The maximum Gasteiger partial charge on any atom is 0.251 e. The zero-order chi connectivity index (χ0) is 16.9. The Morgan fingerprint density at radius 2 is 1.83 bits per heavy atom. The number of nitrogens with zero attached hydrogens (tertiary/aromatic N) is 1. The van der Waals surface area contributed by atoms with Crippen molar-refractivity contribution in [2.24, 2.45) is 0 Å². The molecule has 1 aromatic rings. The van der Waals surface area contributed by atoms with E-state index in [0.717, 1.165) is 37.7 Å². The van der Waals surface area contributed by atoms with Gasteiger partial charge in [0.2, 0.25) is 10.0 Å². The molecule has 0 bridgehead atoms. The normalized spacial score (nSPS) is 16.8. The summed E-state index contributed by atoms with van der Waals surface area (Å²) in [4.78, 5) is 12.4. The molecule has 128 valence electrons. The molecule has 5 nitrogen and oxygen atoms in total. The van der Waals surface area contributed by atoms with Crippen LogP contribution in [-0.2, 0) is 10.0 Å². The molecule has 1 N–H and O–H groups in total. The highest BCUT2D eigenvalue weighted by Crippen LogP contribution is 2.22. The molecule has 0 spiro atoms. The fraction of sp³-hybridized carbons (Fsp3) is 0.588. The molecule has 1 aliphatic heterocycles. The summed E-state index contributed by atoms with van der Waals surface area (Å²) < 4.78 is 27.2. The van der Waals surface area contributed by atoms with Crippen LogP contribution in [0.25, 0.3) is 0 Å².